The van der Waals surface area contributed by atoms with Crippen LogP contribution in [0.1, 0.15) is 30.7 Å². The number of nitrogens with zero attached hydrogens (tertiary/aromatic N) is 2. The third-order valence-electron chi connectivity index (χ3n) is 10.7. The van der Waals surface area contributed by atoms with Gasteiger partial charge in [0, 0.05) is 57.1 Å². The maximum Gasteiger partial charge on any atom is 0.252 e. The summed E-state index contributed by atoms with van der Waals surface area (Å²) >= 11 is 0. The molecule has 0 N–H and O–H groups in total. The predicted octanol–water partition coefficient (Wildman–Crippen LogP) is 7.78. The van der Waals surface area contributed by atoms with E-state index in [1.807, 2.05) is 6.08 Å². The molecule has 3 heterocycles. The van der Waals surface area contributed by atoms with Crippen LogP contribution in [0.25, 0.3) is 44.4 Å². The number of allylic oxidation sites excluding steroid dienone is 4. The van der Waals surface area contributed by atoms with Gasteiger partial charge in [-0.15, -0.1) is 0 Å². The fourth-order valence-corrected chi connectivity index (χ4v) is 8.81. The van der Waals surface area contributed by atoms with Crippen LogP contribution in [0.3, 0.4) is 0 Å². The minimum absolute atomic E-state index is 0.0468. The molecule has 10 rings (SSSR count). The molecule has 0 fully saturated rings. The predicted molar refractivity (Wildman–Crippen MR) is 190 cm³/mol. The van der Waals surface area contributed by atoms with Gasteiger partial charge in [0.1, 0.15) is 0 Å². The van der Waals surface area contributed by atoms with Crippen molar-refractivity contribution in [3.63, 3.8) is 0 Å². The summed E-state index contributed by atoms with van der Waals surface area (Å²) in [6, 6.07) is 38.6. The molecule has 4 aliphatic rings. The van der Waals surface area contributed by atoms with Gasteiger partial charge in [-0.1, -0.05) is 116 Å². The van der Waals surface area contributed by atoms with Crippen molar-refractivity contribution >= 4 is 51.0 Å². The molecule has 1 aromatic heterocycles. The van der Waals surface area contributed by atoms with Crippen molar-refractivity contribution in [1.82, 2.24) is 4.57 Å². The minimum Gasteiger partial charge on any atom is -0.345 e. The molecule has 45 heavy (non-hydrogen) atoms. The monoisotopic (exact) mass is 572 g/mol. The molecule has 0 bridgehead atoms. The Morgan fingerprint density at radius 2 is 1.49 bits per heavy atom. The summed E-state index contributed by atoms with van der Waals surface area (Å²) in [4.78, 5) is 2.47. The largest absolute Gasteiger partial charge is 0.345 e. The lowest BCUT2D eigenvalue weighted by Gasteiger charge is -2.40. The highest BCUT2D eigenvalue weighted by atomic mass is 15.1. The van der Waals surface area contributed by atoms with Gasteiger partial charge in [0.2, 0.25) is 0 Å². The molecular formula is C42H29BN2. The number of benzene rings is 5. The van der Waals surface area contributed by atoms with Crippen LogP contribution in [0, 0.1) is 0 Å². The quantitative estimate of drug-likeness (QED) is 0.152. The van der Waals surface area contributed by atoms with Crippen LogP contribution >= 0.6 is 0 Å². The first-order chi connectivity index (χ1) is 22.1. The Morgan fingerprint density at radius 1 is 0.689 bits per heavy atom. The first-order valence-electron chi connectivity index (χ1n) is 15.8. The van der Waals surface area contributed by atoms with Gasteiger partial charge in [0.25, 0.3) is 6.71 Å². The molecule has 0 atom stereocenters. The summed E-state index contributed by atoms with van der Waals surface area (Å²) in [5.41, 5.74) is 26.0. The van der Waals surface area contributed by atoms with E-state index in [0.717, 1.165) is 5.57 Å². The van der Waals surface area contributed by atoms with Gasteiger partial charge in [-0.2, -0.15) is 0 Å². The van der Waals surface area contributed by atoms with E-state index in [2.05, 4.69) is 157 Å². The van der Waals surface area contributed by atoms with Gasteiger partial charge < -0.3 is 9.47 Å². The maximum atomic E-state index is 3.24. The topological polar surface area (TPSA) is 8.17 Å². The van der Waals surface area contributed by atoms with Crippen LogP contribution in [-0.2, 0) is 5.41 Å². The van der Waals surface area contributed by atoms with E-state index in [9.17, 15) is 0 Å². The highest BCUT2D eigenvalue weighted by molar-refractivity contribution is 7.00. The number of anilines is 2. The SMILES string of the molecule is CN1c2cccc3c2B(c2ccc4c(c21)-c1ccccc1C4(C)C)c1cccc2c(-c4ccccc4)c(C4=CC=C=C=C4)n-3c12. The molecule has 6 aromatic rings. The van der Waals surface area contributed by atoms with Crippen molar-refractivity contribution < 1.29 is 0 Å². The second-order valence-electron chi connectivity index (χ2n) is 13.2. The van der Waals surface area contributed by atoms with Crippen molar-refractivity contribution in [3.8, 4) is 27.9 Å². The summed E-state index contributed by atoms with van der Waals surface area (Å²) in [6.45, 7) is 4.87. The van der Waals surface area contributed by atoms with Gasteiger partial charge in [-0.25, -0.2) is 0 Å². The highest BCUT2D eigenvalue weighted by Gasteiger charge is 2.45. The molecule has 5 aromatic carbocycles. The van der Waals surface area contributed by atoms with Crippen molar-refractivity contribution in [2.75, 3.05) is 11.9 Å². The molecule has 0 saturated carbocycles. The Balaban J connectivity index is 1.35. The molecule has 0 radical (unpaired) electrons. The number of hydrogen-bond donors (Lipinski definition) is 0. The molecular weight excluding hydrogens is 543 g/mol. The van der Waals surface area contributed by atoms with Crippen molar-refractivity contribution in [2.24, 2.45) is 0 Å². The summed E-state index contributed by atoms with van der Waals surface area (Å²) in [5.74, 6) is 0. The van der Waals surface area contributed by atoms with E-state index in [1.165, 1.54) is 83.4 Å². The highest BCUT2D eigenvalue weighted by Crippen LogP contribution is 2.53. The zero-order chi connectivity index (χ0) is 30.0. The van der Waals surface area contributed by atoms with Gasteiger partial charge in [0.15, 0.2) is 0 Å². The smallest absolute Gasteiger partial charge is 0.252 e. The molecule has 0 spiro atoms. The molecule has 210 valence electrons. The van der Waals surface area contributed by atoms with Crippen LogP contribution in [0.15, 0.2) is 133 Å². The van der Waals surface area contributed by atoms with Gasteiger partial charge in [-0.3, -0.25) is 0 Å². The van der Waals surface area contributed by atoms with E-state index in [-0.39, 0.29) is 12.1 Å². The third kappa shape index (κ3) is 3.02. The number of para-hydroxylation sites is 1. The zero-order valence-electron chi connectivity index (χ0n) is 25.5. The maximum absolute atomic E-state index is 3.24. The fourth-order valence-electron chi connectivity index (χ4n) is 8.81. The van der Waals surface area contributed by atoms with Crippen molar-refractivity contribution in [1.29, 1.82) is 0 Å². The minimum atomic E-state index is -0.0468. The molecule has 3 heteroatoms. The lowest BCUT2D eigenvalue weighted by Crippen LogP contribution is -2.60. The summed E-state index contributed by atoms with van der Waals surface area (Å²) in [7, 11) is 2.27. The van der Waals surface area contributed by atoms with E-state index in [1.54, 1.807) is 0 Å². The zero-order valence-corrected chi connectivity index (χ0v) is 25.5. The Labute approximate surface area is 263 Å². The van der Waals surface area contributed by atoms with E-state index in [0.29, 0.717) is 0 Å². The molecule has 2 nitrogen and oxygen atoms in total. The van der Waals surface area contributed by atoms with Gasteiger partial charge in [0.05, 0.1) is 5.69 Å². The van der Waals surface area contributed by atoms with Crippen molar-refractivity contribution in [3.05, 3.63) is 150 Å². The van der Waals surface area contributed by atoms with E-state index < -0.39 is 0 Å². The Bertz CT molecular complexity index is 2440. The lowest BCUT2D eigenvalue weighted by molar-refractivity contribution is 0.660. The molecule has 0 unspecified atom stereocenters. The molecule has 2 aliphatic heterocycles. The molecule has 0 saturated heterocycles. The number of hydrogen-bond acceptors (Lipinski definition) is 1. The average molecular weight is 573 g/mol. The Morgan fingerprint density at radius 3 is 2.33 bits per heavy atom. The summed E-state index contributed by atoms with van der Waals surface area (Å²) in [6.07, 6.45) is 6.23. The molecule has 0 amide bonds. The van der Waals surface area contributed by atoms with Crippen LogP contribution < -0.4 is 21.3 Å². The fraction of sp³-hybridized carbons (Fsp3) is 0.0952. The van der Waals surface area contributed by atoms with E-state index in [4.69, 9.17) is 0 Å². The summed E-state index contributed by atoms with van der Waals surface area (Å²) in [5, 5.41) is 1.28. The number of fused-ring (bicyclic) bond motifs is 8. The standard InChI is InChI=1S/C42H29BN2/c1-42(2)30-20-11-10-18-28(30)37-31(42)24-25-33-41(37)44(3)34-22-13-23-35-38(34)43(33)32-21-12-19-29-36(26-14-6-4-7-15-26)39(45(35)40(29)32)27-16-8-5-9-17-27/h4,6-8,10-25H,1-3H3. The first kappa shape index (κ1) is 24.9. The molecule has 2 aliphatic carbocycles. The average Bonchev–Trinajstić information content (AvgIpc) is 3.55. The van der Waals surface area contributed by atoms with Crippen LogP contribution in [0.2, 0.25) is 0 Å². The van der Waals surface area contributed by atoms with Crippen LogP contribution in [0.4, 0.5) is 11.4 Å². The van der Waals surface area contributed by atoms with Crippen LogP contribution in [-0.4, -0.2) is 18.3 Å². The summed E-state index contributed by atoms with van der Waals surface area (Å²) < 4.78 is 2.54. The number of rotatable bonds is 2. The second kappa shape index (κ2) is 8.59. The van der Waals surface area contributed by atoms with Crippen LogP contribution in [0.5, 0.6) is 0 Å². The second-order valence-corrected chi connectivity index (χ2v) is 13.2. The Hall–Kier alpha value is -5.46. The van der Waals surface area contributed by atoms with E-state index >= 15 is 0 Å². The normalized spacial score (nSPS) is 15.6. The third-order valence-corrected chi connectivity index (χ3v) is 10.7. The number of aromatic nitrogens is 1. The first-order valence-corrected chi connectivity index (χ1v) is 15.8. The van der Waals surface area contributed by atoms with Gasteiger partial charge in [-0.05, 0) is 69.0 Å². The lowest BCUT2D eigenvalue weighted by atomic mass is 9.33. The Kier molecular flexibility index (Phi) is 4.76. The van der Waals surface area contributed by atoms with Crippen molar-refractivity contribution in [2.45, 2.75) is 19.3 Å². The van der Waals surface area contributed by atoms with Gasteiger partial charge >= 0.3 is 0 Å².